The van der Waals surface area contributed by atoms with E-state index < -0.39 is 0 Å². The van der Waals surface area contributed by atoms with Crippen molar-refractivity contribution in [3.8, 4) is 11.5 Å². The predicted octanol–water partition coefficient (Wildman–Crippen LogP) is 1.78. The highest BCUT2D eigenvalue weighted by Crippen LogP contribution is 2.23. The van der Waals surface area contributed by atoms with Crippen LogP contribution in [0.25, 0.3) is 0 Å². The molecule has 0 spiro atoms. The van der Waals surface area contributed by atoms with E-state index in [2.05, 4.69) is 30.9 Å². The highest BCUT2D eigenvalue weighted by molar-refractivity contribution is 5.39. The second kappa shape index (κ2) is 7.24. The lowest BCUT2D eigenvalue weighted by Crippen LogP contribution is -2.23. The number of rotatable bonds is 7. The summed E-state index contributed by atoms with van der Waals surface area (Å²) in [5.74, 6) is 1.11. The molecule has 0 aliphatic carbocycles. The van der Waals surface area contributed by atoms with Crippen molar-refractivity contribution in [2.45, 2.75) is 13.0 Å². The number of aromatic hydroxyl groups is 1. The summed E-state index contributed by atoms with van der Waals surface area (Å²) >= 11 is 0. The van der Waals surface area contributed by atoms with Crippen LogP contribution in [0.5, 0.6) is 11.5 Å². The fourth-order valence-electron chi connectivity index (χ4n) is 1.84. The Morgan fingerprint density at radius 3 is 2.50 bits per heavy atom. The van der Waals surface area contributed by atoms with E-state index in [1.165, 1.54) is 0 Å². The van der Waals surface area contributed by atoms with Crippen LogP contribution in [-0.4, -0.2) is 56.2 Å². The van der Waals surface area contributed by atoms with Gasteiger partial charge in [-0.05, 0) is 58.9 Å². The lowest BCUT2D eigenvalue weighted by atomic mass is 10.1. The molecule has 1 N–H and O–H groups in total. The van der Waals surface area contributed by atoms with Crippen molar-refractivity contribution >= 4 is 0 Å². The number of ether oxygens (including phenoxy) is 1. The van der Waals surface area contributed by atoms with Crippen LogP contribution in [0.2, 0.25) is 0 Å². The number of phenols is 1. The quantitative estimate of drug-likeness (QED) is 0.802. The molecule has 1 aromatic rings. The molecule has 0 amide bonds. The zero-order chi connectivity index (χ0) is 13.5. The standard InChI is InChI=1S/C14H24N2O2/c1-15(2)8-5-9-16(3)11-12-10-13(18-4)6-7-14(12)17/h6-7,10,17H,5,8-9,11H2,1-4H3. The van der Waals surface area contributed by atoms with E-state index in [1.807, 2.05) is 6.07 Å². The number of nitrogens with zero attached hydrogens (tertiary/aromatic N) is 2. The Bertz CT molecular complexity index is 367. The van der Waals surface area contributed by atoms with Crippen molar-refractivity contribution in [3.05, 3.63) is 23.8 Å². The molecule has 1 aromatic carbocycles. The van der Waals surface area contributed by atoms with Crippen LogP contribution in [0, 0.1) is 0 Å². The first kappa shape index (κ1) is 14.8. The van der Waals surface area contributed by atoms with Crippen molar-refractivity contribution in [1.82, 2.24) is 9.80 Å². The predicted molar refractivity (Wildman–Crippen MR) is 74.2 cm³/mol. The first-order chi connectivity index (χ1) is 8.52. The summed E-state index contributed by atoms with van der Waals surface area (Å²) in [6, 6.07) is 5.34. The maximum atomic E-state index is 9.80. The summed E-state index contributed by atoms with van der Waals surface area (Å²) in [5.41, 5.74) is 0.904. The number of phenolic OH excluding ortho intramolecular Hbond substituents is 1. The van der Waals surface area contributed by atoms with Gasteiger partial charge in [-0.15, -0.1) is 0 Å². The zero-order valence-electron chi connectivity index (χ0n) is 11.8. The summed E-state index contributed by atoms with van der Waals surface area (Å²) < 4.78 is 5.17. The Labute approximate surface area is 110 Å². The van der Waals surface area contributed by atoms with Crippen molar-refractivity contribution in [2.75, 3.05) is 41.3 Å². The molecule has 0 bridgehead atoms. The number of hydrogen-bond donors (Lipinski definition) is 1. The Hall–Kier alpha value is -1.26. The fourth-order valence-corrected chi connectivity index (χ4v) is 1.84. The van der Waals surface area contributed by atoms with Crippen LogP contribution in [-0.2, 0) is 6.54 Å². The second-order valence-electron chi connectivity index (χ2n) is 4.89. The maximum Gasteiger partial charge on any atom is 0.120 e. The van der Waals surface area contributed by atoms with E-state index in [4.69, 9.17) is 4.74 Å². The average molecular weight is 252 g/mol. The number of benzene rings is 1. The first-order valence-corrected chi connectivity index (χ1v) is 6.22. The minimum Gasteiger partial charge on any atom is -0.508 e. The zero-order valence-corrected chi connectivity index (χ0v) is 11.8. The Balaban J connectivity index is 2.50. The molecular weight excluding hydrogens is 228 g/mol. The van der Waals surface area contributed by atoms with Crippen molar-refractivity contribution < 1.29 is 9.84 Å². The van der Waals surface area contributed by atoms with Gasteiger partial charge in [-0.2, -0.15) is 0 Å². The molecule has 4 nitrogen and oxygen atoms in total. The molecule has 0 aromatic heterocycles. The van der Waals surface area contributed by atoms with Crippen molar-refractivity contribution in [2.24, 2.45) is 0 Å². The summed E-state index contributed by atoms with van der Waals surface area (Å²) in [4.78, 5) is 4.38. The lowest BCUT2D eigenvalue weighted by Gasteiger charge is -2.19. The van der Waals surface area contributed by atoms with Gasteiger partial charge in [0.05, 0.1) is 7.11 Å². The van der Waals surface area contributed by atoms with Gasteiger partial charge in [0.25, 0.3) is 0 Å². The molecule has 4 heteroatoms. The molecule has 1 rings (SSSR count). The third-order valence-corrected chi connectivity index (χ3v) is 2.87. The van der Waals surface area contributed by atoms with E-state index >= 15 is 0 Å². The van der Waals surface area contributed by atoms with Crippen molar-refractivity contribution in [3.63, 3.8) is 0 Å². The van der Waals surface area contributed by atoms with Crippen molar-refractivity contribution in [1.29, 1.82) is 0 Å². The van der Waals surface area contributed by atoms with E-state index in [0.717, 1.165) is 37.4 Å². The molecule has 0 saturated heterocycles. The summed E-state index contributed by atoms with van der Waals surface area (Å²) in [6.45, 7) is 2.82. The smallest absolute Gasteiger partial charge is 0.120 e. The van der Waals surface area contributed by atoms with Crippen LogP contribution in [0.15, 0.2) is 18.2 Å². The van der Waals surface area contributed by atoms with E-state index in [9.17, 15) is 5.11 Å². The van der Waals surface area contributed by atoms with Gasteiger partial charge in [-0.25, -0.2) is 0 Å². The Morgan fingerprint density at radius 1 is 1.17 bits per heavy atom. The minimum atomic E-state index is 0.329. The van der Waals surface area contributed by atoms with Gasteiger partial charge in [0.1, 0.15) is 11.5 Å². The van der Waals surface area contributed by atoms with Gasteiger partial charge in [0, 0.05) is 12.1 Å². The maximum absolute atomic E-state index is 9.80. The molecule has 0 radical (unpaired) electrons. The van der Waals surface area contributed by atoms with Crippen LogP contribution in [0.1, 0.15) is 12.0 Å². The van der Waals surface area contributed by atoms with Gasteiger partial charge < -0.3 is 19.6 Å². The van der Waals surface area contributed by atoms with Crippen LogP contribution in [0.3, 0.4) is 0 Å². The van der Waals surface area contributed by atoms with Gasteiger partial charge >= 0.3 is 0 Å². The lowest BCUT2D eigenvalue weighted by molar-refractivity contribution is 0.290. The van der Waals surface area contributed by atoms with E-state index in [0.29, 0.717) is 5.75 Å². The first-order valence-electron chi connectivity index (χ1n) is 6.22. The summed E-state index contributed by atoms with van der Waals surface area (Å²) in [6.07, 6.45) is 1.12. The Morgan fingerprint density at radius 2 is 1.89 bits per heavy atom. The topological polar surface area (TPSA) is 35.9 Å². The van der Waals surface area contributed by atoms with E-state index in [-0.39, 0.29) is 0 Å². The molecule has 0 heterocycles. The molecule has 0 atom stereocenters. The molecule has 0 aliphatic heterocycles. The van der Waals surface area contributed by atoms with Crippen LogP contribution < -0.4 is 4.74 Å². The summed E-state index contributed by atoms with van der Waals surface area (Å²) in [5, 5.41) is 9.80. The molecular formula is C14H24N2O2. The molecule has 0 fully saturated rings. The monoisotopic (exact) mass is 252 g/mol. The minimum absolute atomic E-state index is 0.329. The third kappa shape index (κ3) is 4.94. The highest BCUT2D eigenvalue weighted by atomic mass is 16.5. The van der Waals surface area contributed by atoms with Crippen LogP contribution >= 0.6 is 0 Å². The third-order valence-electron chi connectivity index (χ3n) is 2.87. The molecule has 0 aliphatic rings. The molecule has 18 heavy (non-hydrogen) atoms. The fraction of sp³-hybridized carbons (Fsp3) is 0.571. The highest BCUT2D eigenvalue weighted by Gasteiger charge is 2.06. The van der Waals surface area contributed by atoms with Gasteiger partial charge in [-0.3, -0.25) is 0 Å². The van der Waals surface area contributed by atoms with Gasteiger partial charge in [-0.1, -0.05) is 0 Å². The number of hydrogen-bond acceptors (Lipinski definition) is 4. The summed E-state index contributed by atoms with van der Waals surface area (Å²) in [7, 11) is 7.85. The number of methoxy groups -OCH3 is 1. The second-order valence-corrected chi connectivity index (χ2v) is 4.89. The molecule has 0 unspecified atom stereocenters. The van der Waals surface area contributed by atoms with Gasteiger partial charge in [0.2, 0.25) is 0 Å². The normalized spacial score (nSPS) is 11.2. The largest absolute Gasteiger partial charge is 0.508 e. The molecule has 102 valence electrons. The van der Waals surface area contributed by atoms with Gasteiger partial charge in [0.15, 0.2) is 0 Å². The average Bonchev–Trinajstić information content (AvgIpc) is 2.31. The van der Waals surface area contributed by atoms with Crippen LogP contribution in [0.4, 0.5) is 0 Å². The van der Waals surface area contributed by atoms with E-state index in [1.54, 1.807) is 19.2 Å². The Kier molecular flexibility index (Phi) is 5.95. The SMILES string of the molecule is COc1ccc(O)c(CN(C)CCCN(C)C)c1. The molecule has 0 saturated carbocycles.